The number of nitro groups is 1. The summed E-state index contributed by atoms with van der Waals surface area (Å²) in [5.41, 5.74) is 6.33. The van der Waals surface area contributed by atoms with Crippen LogP contribution >= 0.6 is 0 Å². The fraction of sp³-hybridized carbons (Fsp3) is 0.273. The number of aryl methyl sites for hydroxylation is 1. The van der Waals surface area contributed by atoms with Crippen LogP contribution in [0.5, 0.6) is 0 Å². The number of nitro benzene ring substituents is 1. The predicted octanol–water partition coefficient (Wildman–Crippen LogP) is 2.07. The molecular weight excluding hydrogens is 220 g/mol. The summed E-state index contributed by atoms with van der Waals surface area (Å²) in [6.45, 7) is 2.01. The van der Waals surface area contributed by atoms with Gasteiger partial charge in [-0.2, -0.15) is 0 Å². The van der Waals surface area contributed by atoms with Crippen LogP contribution in [0.4, 0.5) is 11.5 Å². The molecule has 88 valence electrons. The second kappa shape index (κ2) is 4.32. The van der Waals surface area contributed by atoms with Crippen molar-refractivity contribution in [3.05, 3.63) is 34.1 Å². The van der Waals surface area contributed by atoms with Crippen LogP contribution < -0.4 is 5.73 Å². The van der Waals surface area contributed by atoms with Gasteiger partial charge in [-0.15, -0.1) is 0 Å². The molecule has 2 N–H and O–H groups in total. The summed E-state index contributed by atoms with van der Waals surface area (Å²) in [7, 11) is 0. The third kappa shape index (κ3) is 2.15. The van der Waals surface area contributed by atoms with Gasteiger partial charge in [0.2, 0.25) is 0 Å². The average Bonchev–Trinajstić information content (AvgIpc) is 2.28. The molecule has 17 heavy (non-hydrogen) atoms. The van der Waals surface area contributed by atoms with E-state index in [1.807, 2.05) is 6.92 Å². The van der Waals surface area contributed by atoms with Crippen LogP contribution in [0.25, 0.3) is 10.9 Å². The molecule has 0 spiro atoms. The first kappa shape index (κ1) is 11.3. The molecule has 0 aliphatic carbocycles. The largest absolute Gasteiger partial charge is 0.383 e. The fourth-order valence-electron chi connectivity index (χ4n) is 1.64. The minimum atomic E-state index is -0.447. The summed E-state index contributed by atoms with van der Waals surface area (Å²) in [5, 5.41) is 11.3. The number of nitrogens with two attached hydrogens (primary N) is 1. The second-order valence-electron chi connectivity index (χ2n) is 3.73. The first-order valence-corrected chi connectivity index (χ1v) is 5.32. The van der Waals surface area contributed by atoms with Gasteiger partial charge in [0.1, 0.15) is 11.6 Å². The van der Waals surface area contributed by atoms with Crippen LogP contribution in [-0.2, 0) is 6.42 Å². The van der Waals surface area contributed by atoms with Gasteiger partial charge < -0.3 is 5.73 Å². The van der Waals surface area contributed by atoms with E-state index in [-0.39, 0.29) is 5.69 Å². The summed E-state index contributed by atoms with van der Waals surface area (Å²) < 4.78 is 0. The summed E-state index contributed by atoms with van der Waals surface area (Å²) in [6, 6.07) is 4.41. The molecule has 0 bridgehead atoms. The van der Waals surface area contributed by atoms with E-state index in [4.69, 9.17) is 5.73 Å². The number of fused-ring (bicyclic) bond motifs is 1. The van der Waals surface area contributed by atoms with Crippen molar-refractivity contribution in [2.75, 3.05) is 5.73 Å². The third-order valence-electron chi connectivity index (χ3n) is 2.44. The van der Waals surface area contributed by atoms with Crippen molar-refractivity contribution in [1.29, 1.82) is 0 Å². The maximum absolute atomic E-state index is 10.7. The number of aromatic nitrogens is 2. The molecule has 6 heteroatoms. The van der Waals surface area contributed by atoms with Crippen molar-refractivity contribution >= 4 is 22.4 Å². The quantitative estimate of drug-likeness (QED) is 0.645. The van der Waals surface area contributed by atoms with Gasteiger partial charge in [-0.05, 0) is 12.5 Å². The highest BCUT2D eigenvalue weighted by Gasteiger charge is 2.10. The van der Waals surface area contributed by atoms with E-state index in [1.54, 1.807) is 6.07 Å². The van der Waals surface area contributed by atoms with Crippen molar-refractivity contribution in [1.82, 2.24) is 9.97 Å². The molecule has 0 aliphatic rings. The molecule has 0 atom stereocenters. The van der Waals surface area contributed by atoms with Crippen molar-refractivity contribution in [2.45, 2.75) is 19.8 Å². The van der Waals surface area contributed by atoms with E-state index >= 15 is 0 Å². The predicted molar refractivity (Wildman–Crippen MR) is 64.6 cm³/mol. The molecule has 0 radical (unpaired) electrons. The van der Waals surface area contributed by atoms with Crippen molar-refractivity contribution < 1.29 is 4.92 Å². The lowest BCUT2D eigenvalue weighted by atomic mass is 10.2. The Kier molecular flexibility index (Phi) is 2.86. The molecule has 1 aromatic heterocycles. The standard InChI is InChI=1S/C11H12N4O2/c1-2-3-10-13-9-6-7(15(16)17)4-5-8(9)11(12)14-10/h4-6H,2-3H2,1H3,(H2,12,13,14). The smallest absolute Gasteiger partial charge is 0.271 e. The second-order valence-corrected chi connectivity index (χ2v) is 3.73. The Hall–Kier alpha value is -2.24. The minimum Gasteiger partial charge on any atom is -0.383 e. The van der Waals surface area contributed by atoms with Gasteiger partial charge >= 0.3 is 0 Å². The van der Waals surface area contributed by atoms with Crippen molar-refractivity contribution in [3.63, 3.8) is 0 Å². The molecule has 1 aromatic carbocycles. The molecule has 1 heterocycles. The average molecular weight is 232 g/mol. The van der Waals surface area contributed by atoms with Gasteiger partial charge in [0.15, 0.2) is 0 Å². The topological polar surface area (TPSA) is 94.9 Å². The molecule has 2 aromatic rings. The minimum absolute atomic E-state index is 0.0121. The monoisotopic (exact) mass is 232 g/mol. The van der Waals surface area contributed by atoms with E-state index in [0.717, 1.165) is 6.42 Å². The number of benzene rings is 1. The van der Waals surface area contributed by atoms with Crippen molar-refractivity contribution in [2.24, 2.45) is 0 Å². The van der Waals surface area contributed by atoms with Gasteiger partial charge in [0.25, 0.3) is 5.69 Å². The van der Waals surface area contributed by atoms with E-state index < -0.39 is 4.92 Å². The van der Waals surface area contributed by atoms with Gasteiger partial charge in [-0.3, -0.25) is 10.1 Å². The Morgan fingerprint density at radius 2 is 2.18 bits per heavy atom. The summed E-state index contributed by atoms with van der Waals surface area (Å²) >= 11 is 0. The molecular formula is C11H12N4O2. The lowest BCUT2D eigenvalue weighted by Crippen LogP contribution is -2.01. The lowest BCUT2D eigenvalue weighted by Gasteiger charge is -2.04. The number of rotatable bonds is 3. The molecule has 0 saturated carbocycles. The third-order valence-corrected chi connectivity index (χ3v) is 2.44. The highest BCUT2D eigenvalue weighted by Crippen LogP contribution is 2.23. The molecule has 0 fully saturated rings. The lowest BCUT2D eigenvalue weighted by molar-refractivity contribution is -0.384. The molecule has 0 unspecified atom stereocenters. The normalized spacial score (nSPS) is 10.6. The number of nitrogens with zero attached hydrogens (tertiary/aromatic N) is 3. The summed E-state index contributed by atoms with van der Waals surface area (Å²) in [4.78, 5) is 18.7. The Morgan fingerprint density at radius 1 is 1.41 bits per heavy atom. The highest BCUT2D eigenvalue weighted by molar-refractivity contribution is 5.89. The van der Waals surface area contributed by atoms with Gasteiger partial charge in [-0.1, -0.05) is 6.92 Å². The number of hydrogen-bond donors (Lipinski definition) is 1. The van der Waals surface area contributed by atoms with Crippen LogP contribution in [-0.4, -0.2) is 14.9 Å². The van der Waals surface area contributed by atoms with Crippen LogP contribution in [0.3, 0.4) is 0 Å². The van der Waals surface area contributed by atoms with E-state index in [1.165, 1.54) is 12.1 Å². The van der Waals surface area contributed by atoms with Crippen LogP contribution in [0, 0.1) is 10.1 Å². The van der Waals surface area contributed by atoms with Gasteiger partial charge in [0, 0.05) is 23.9 Å². The van der Waals surface area contributed by atoms with E-state index in [9.17, 15) is 10.1 Å². The first-order valence-electron chi connectivity index (χ1n) is 5.32. The number of anilines is 1. The summed E-state index contributed by atoms with van der Waals surface area (Å²) in [5.74, 6) is 0.992. The zero-order valence-corrected chi connectivity index (χ0v) is 9.38. The van der Waals surface area contributed by atoms with Crippen molar-refractivity contribution in [3.8, 4) is 0 Å². The number of hydrogen-bond acceptors (Lipinski definition) is 5. The van der Waals surface area contributed by atoms with Crippen LogP contribution in [0.1, 0.15) is 19.2 Å². The zero-order valence-electron chi connectivity index (χ0n) is 9.38. The van der Waals surface area contributed by atoms with E-state index in [2.05, 4.69) is 9.97 Å². The Morgan fingerprint density at radius 3 is 2.82 bits per heavy atom. The highest BCUT2D eigenvalue weighted by atomic mass is 16.6. The number of nitrogen functional groups attached to an aromatic ring is 1. The van der Waals surface area contributed by atoms with Crippen LogP contribution in [0.15, 0.2) is 18.2 Å². The van der Waals surface area contributed by atoms with Crippen LogP contribution in [0.2, 0.25) is 0 Å². The van der Waals surface area contributed by atoms with E-state index in [0.29, 0.717) is 29.0 Å². The zero-order chi connectivity index (χ0) is 12.4. The maximum atomic E-state index is 10.7. The maximum Gasteiger partial charge on any atom is 0.271 e. The fourth-order valence-corrected chi connectivity index (χ4v) is 1.64. The number of non-ortho nitro benzene ring substituents is 1. The molecule has 6 nitrogen and oxygen atoms in total. The van der Waals surface area contributed by atoms with Gasteiger partial charge in [0.05, 0.1) is 10.4 Å². The molecule has 0 aliphatic heterocycles. The molecule has 0 amide bonds. The summed E-state index contributed by atoms with van der Waals surface area (Å²) in [6.07, 6.45) is 1.61. The Labute approximate surface area is 97.6 Å². The Bertz CT molecular complexity index is 583. The Balaban J connectivity index is 2.62. The SMILES string of the molecule is CCCc1nc(N)c2ccc([N+](=O)[O-])cc2n1. The molecule has 0 saturated heterocycles. The first-order chi connectivity index (χ1) is 8.11. The molecule has 2 rings (SSSR count). The van der Waals surface area contributed by atoms with Gasteiger partial charge in [-0.25, -0.2) is 9.97 Å².